The van der Waals surface area contributed by atoms with Gasteiger partial charge in [0.15, 0.2) is 0 Å². The van der Waals surface area contributed by atoms with Crippen LogP contribution < -0.4 is 0 Å². The number of aryl methyl sites for hydroxylation is 1. The zero-order valence-electron chi connectivity index (χ0n) is 12.0. The summed E-state index contributed by atoms with van der Waals surface area (Å²) in [6, 6.07) is 10.5. The van der Waals surface area contributed by atoms with Gasteiger partial charge in [0.05, 0.1) is 20.9 Å². The van der Waals surface area contributed by atoms with Gasteiger partial charge in [-0.05, 0) is 37.3 Å². The molecule has 0 atom stereocenters. The minimum Gasteiger partial charge on any atom is -0.277 e. The number of carbonyl (C=O) groups excluding carboxylic acids is 2. The molecule has 0 saturated heterocycles. The molecule has 3 rings (SSSR count). The van der Waals surface area contributed by atoms with E-state index in [4.69, 9.17) is 0 Å². The van der Waals surface area contributed by atoms with Gasteiger partial charge in [-0.25, -0.2) is 8.42 Å². The van der Waals surface area contributed by atoms with E-state index in [1.165, 1.54) is 37.4 Å². The van der Waals surface area contributed by atoms with Gasteiger partial charge in [0.25, 0.3) is 11.8 Å². The molecule has 0 N–H and O–H groups in total. The summed E-state index contributed by atoms with van der Waals surface area (Å²) in [5.41, 5.74) is 1.31. The van der Waals surface area contributed by atoms with Crippen LogP contribution >= 0.6 is 0 Å². The number of fused-ring (bicyclic) bond motifs is 1. The van der Waals surface area contributed by atoms with E-state index >= 15 is 0 Å². The van der Waals surface area contributed by atoms with Gasteiger partial charge in [0.2, 0.25) is 9.84 Å². The summed E-state index contributed by atoms with van der Waals surface area (Å²) in [7, 11) is -2.34. The van der Waals surface area contributed by atoms with Gasteiger partial charge in [0, 0.05) is 7.05 Å². The van der Waals surface area contributed by atoms with Crippen molar-refractivity contribution in [1.29, 1.82) is 0 Å². The Hall–Kier alpha value is -2.47. The number of benzene rings is 2. The molecule has 0 saturated carbocycles. The van der Waals surface area contributed by atoms with Gasteiger partial charge in [-0.15, -0.1) is 0 Å². The van der Waals surface area contributed by atoms with Gasteiger partial charge in [0.1, 0.15) is 0 Å². The van der Waals surface area contributed by atoms with Gasteiger partial charge in [-0.3, -0.25) is 14.5 Å². The molecule has 0 aliphatic carbocycles. The topological polar surface area (TPSA) is 71.5 Å². The maximum absolute atomic E-state index is 12.6. The second-order valence-electron chi connectivity index (χ2n) is 5.19. The lowest BCUT2D eigenvalue weighted by atomic mass is 10.1. The Labute approximate surface area is 128 Å². The van der Waals surface area contributed by atoms with Crippen LogP contribution in [-0.4, -0.2) is 32.2 Å². The van der Waals surface area contributed by atoms with Crippen LogP contribution in [-0.2, 0) is 9.84 Å². The summed E-state index contributed by atoms with van der Waals surface area (Å²) in [5.74, 6) is -0.903. The summed E-state index contributed by atoms with van der Waals surface area (Å²) >= 11 is 0. The maximum Gasteiger partial charge on any atom is 0.261 e. The highest BCUT2D eigenvalue weighted by molar-refractivity contribution is 7.91. The van der Waals surface area contributed by atoms with Crippen molar-refractivity contribution in [2.24, 2.45) is 0 Å². The Kier molecular flexibility index (Phi) is 3.14. The van der Waals surface area contributed by atoms with Crippen LogP contribution in [0.1, 0.15) is 26.3 Å². The molecule has 2 aromatic carbocycles. The van der Waals surface area contributed by atoms with E-state index in [-0.39, 0.29) is 20.9 Å². The molecule has 2 aromatic rings. The Morgan fingerprint density at radius 2 is 1.36 bits per heavy atom. The molecule has 22 heavy (non-hydrogen) atoms. The molecule has 0 spiro atoms. The summed E-state index contributed by atoms with van der Waals surface area (Å²) in [6.45, 7) is 1.87. The first-order chi connectivity index (χ1) is 10.3. The van der Waals surface area contributed by atoms with Crippen molar-refractivity contribution in [2.75, 3.05) is 7.05 Å². The van der Waals surface area contributed by atoms with Gasteiger partial charge < -0.3 is 0 Å². The third kappa shape index (κ3) is 2.03. The van der Waals surface area contributed by atoms with E-state index in [0.29, 0.717) is 0 Å². The van der Waals surface area contributed by atoms with Crippen LogP contribution in [0.3, 0.4) is 0 Å². The number of carbonyl (C=O) groups is 2. The monoisotopic (exact) mass is 315 g/mol. The van der Waals surface area contributed by atoms with Crippen LogP contribution in [0, 0.1) is 6.92 Å². The summed E-state index contributed by atoms with van der Waals surface area (Å²) in [4.78, 5) is 24.9. The van der Waals surface area contributed by atoms with E-state index in [9.17, 15) is 18.0 Å². The standard InChI is InChI=1S/C16H13NO4S/c1-10-3-5-11(6-4-10)22(20,21)12-7-8-13-14(9-12)16(19)17(2)15(13)18/h3-9H,1-2H3. The molecule has 0 unspecified atom stereocenters. The lowest BCUT2D eigenvalue weighted by Gasteiger charge is -2.06. The first-order valence-corrected chi connectivity index (χ1v) is 8.09. The average molecular weight is 315 g/mol. The fourth-order valence-electron chi connectivity index (χ4n) is 2.36. The highest BCUT2D eigenvalue weighted by Gasteiger charge is 2.34. The number of rotatable bonds is 2. The third-order valence-electron chi connectivity index (χ3n) is 3.70. The van der Waals surface area contributed by atoms with Gasteiger partial charge in [-0.2, -0.15) is 0 Å². The minimum atomic E-state index is -3.72. The number of imide groups is 1. The van der Waals surface area contributed by atoms with E-state index < -0.39 is 21.7 Å². The number of sulfone groups is 1. The molecule has 1 heterocycles. The molecule has 0 fully saturated rings. The Balaban J connectivity index is 2.13. The predicted octanol–water partition coefficient (Wildman–Crippen LogP) is 2.05. The lowest BCUT2D eigenvalue weighted by Crippen LogP contribution is -2.24. The number of nitrogens with zero attached hydrogens (tertiary/aromatic N) is 1. The zero-order chi connectivity index (χ0) is 16.1. The van der Waals surface area contributed by atoms with Crippen molar-refractivity contribution in [2.45, 2.75) is 16.7 Å². The highest BCUT2D eigenvalue weighted by Crippen LogP contribution is 2.27. The molecule has 112 valence electrons. The van der Waals surface area contributed by atoms with Crippen LogP contribution in [0.15, 0.2) is 52.3 Å². The maximum atomic E-state index is 12.6. The van der Waals surface area contributed by atoms with E-state index in [2.05, 4.69) is 0 Å². The SMILES string of the molecule is Cc1ccc(S(=O)(=O)c2ccc3c(c2)C(=O)N(C)C3=O)cc1. The van der Waals surface area contributed by atoms with E-state index in [1.54, 1.807) is 12.1 Å². The van der Waals surface area contributed by atoms with Crippen molar-refractivity contribution in [3.8, 4) is 0 Å². The van der Waals surface area contributed by atoms with Crippen molar-refractivity contribution in [1.82, 2.24) is 4.90 Å². The molecule has 0 aromatic heterocycles. The quantitative estimate of drug-likeness (QED) is 0.795. The first kappa shape index (κ1) is 14.5. The normalized spacial score (nSPS) is 14.4. The second-order valence-corrected chi connectivity index (χ2v) is 7.14. The largest absolute Gasteiger partial charge is 0.277 e. The van der Waals surface area contributed by atoms with Crippen LogP contribution in [0.4, 0.5) is 0 Å². The summed E-state index contributed by atoms with van der Waals surface area (Å²) < 4.78 is 25.2. The number of amides is 2. The Morgan fingerprint density at radius 3 is 2.00 bits per heavy atom. The molecule has 1 aliphatic rings. The van der Waals surface area contributed by atoms with Crippen molar-refractivity contribution in [3.63, 3.8) is 0 Å². The van der Waals surface area contributed by atoms with Crippen LogP contribution in [0.25, 0.3) is 0 Å². The smallest absolute Gasteiger partial charge is 0.261 e. The van der Waals surface area contributed by atoms with Crippen molar-refractivity contribution < 1.29 is 18.0 Å². The fourth-order valence-corrected chi connectivity index (χ4v) is 3.65. The highest BCUT2D eigenvalue weighted by atomic mass is 32.2. The van der Waals surface area contributed by atoms with Gasteiger partial charge >= 0.3 is 0 Å². The number of hydrogen-bond donors (Lipinski definition) is 0. The number of hydrogen-bond acceptors (Lipinski definition) is 4. The van der Waals surface area contributed by atoms with Crippen molar-refractivity contribution in [3.05, 3.63) is 59.2 Å². The van der Waals surface area contributed by atoms with E-state index in [1.807, 2.05) is 6.92 Å². The van der Waals surface area contributed by atoms with Crippen molar-refractivity contribution >= 4 is 21.7 Å². The predicted molar refractivity (Wildman–Crippen MR) is 79.5 cm³/mol. The Bertz CT molecular complexity index is 898. The average Bonchev–Trinajstić information content (AvgIpc) is 2.72. The minimum absolute atomic E-state index is 0.00607. The van der Waals surface area contributed by atoms with Crippen LogP contribution in [0.5, 0.6) is 0 Å². The zero-order valence-corrected chi connectivity index (χ0v) is 12.8. The first-order valence-electron chi connectivity index (χ1n) is 6.60. The third-order valence-corrected chi connectivity index (χ3v) is 5.47. The van der Waals surface area contributed by atoms with Gasteiger partial charge in [-0.1, -0.05) is 17.7 Å². The summed E-state index contributed by atoms with van der Waals surface area (Å²) in [6.07, 6.45) is 0. The lowest BCUT2D eigenvalue weighted by molar-refractivity contribution is 0.0693. The fraction of sp³-hybridized carbons (Fsp3) is 0.125. The molecule has 0 bridgehead atoms. The second kappa shape index (κ2) is 4.78. The van der Waals surface area contributed by atoms with Crippen LogP contribution in [0.2, 0.25) is 0 Å². The molecular formula is C16H13NO4S. The molecular weight excluding hydrogens is 302 g/mol. The molecule has 0 radical (unpaired) electrons. The molecule has 2 amide bonds. The van der Waals surface area contributed by atoms with E-state index in [0.717, 1.165) is 10.5 Å². The molecule has 1 aliphatic heterocycles. The molecule has 5 nitrogen and oxygen atoms in total. The molecule has 6 heteroatoms. The summed E-state index contributed by atoms with van der Waals surface area (Å²) in [5, 5.41) is 0. The Morgan fingerprint density at radius 1 is 0.818 bits per heavy atom.